The predicted octanol–water partition coefficient (Wildman–Crippen LogP) is 1.52. The van der Waals surface area contributed by atoms with E-state index in [1.807, 2.05) is 32.9 Å². The molecular formula is C10H18N2O2. The van der Waals surface area contributed by atoms with E-state index in [0.717, 1.165) is 11.5 Å². The van der Waals surface area contributed by atoms with Gasteiger partial charge in [0.1, 0.15) is 17.6 Å². The molecule has 1 rings (SSSR count). The van der Waals surface area contributed by atoms with Gasteiger partial charge in [0, 0.05) is 0 Å². The summed E-state index contributed by atoms with van der Waals surface area (Å²) < 4.78 is 10.9. The number of hydrogen-bond donors (Lipinski definition) is 2. The Bertz CT molecular complexity index is 271. The molecule has 1 aromatic heterocycles. The third-order valence-electron chi connectivity index (χ3n) is 1.90. The molecule has 0 saturated heterocycles. The molecule has 0 fully saturated rings. The van der Waals surface area contributed by atoms with Crippen LogP contribution in [0.25, 0.3) is 0 Å². The maximum absolute atomic E-state index is 5.46. The number of nitrogens with two attached hydrogens (primary N) is 1. The first-order valence-electron chi connectivity index (χ1n) is 4.77. The number of furan rings is 1. The van der Waals surface area contributed by atoms with E-state index in [1.54, 1.807) is 0 Å². The summed E-state index contributed by atoms with van der Waals surface area (Å²) in [6.07, 6.45) is 0.196. The Balaban J connectivity index is 2.54. The second kappa shape index (κ2) is 5.14. The SMILES string of the molecule is Cc1ccc(C(COC(C)C)NN)o1. The van der Waals surface area contributed by atoms with Gasteiger partial charge >= 0.3 is 0 Å². The third kappa shape index (κ3) is 3.14. The molecule has 0 saturated carbocycles. The minimum atomic E-state index is -0.0777. The quantitative estimate of drug-likeness (QED) is 0.556. The smallest absolute Gasteiger partial charge is 0.124 e. The van der Waals surface area contributed by atoms with Gasteiger partial charge < -0.3 is 9.15 Å². The second-order valence-electron chi connectivity index (χ2n) is 3.55. The van der Waals surface area contributed by atoms with Crippen LogP contribution in [0.2, 0.25) is 0 Å². The van der Waals surface area contributed by atoms with Crippen molar-refractivity contribution in [3.8, 4) is 0 Å². The minimum absolute atomic E-state index is 0.0777. The van der Waals surface area contributed by atoms with Gasteiger partial charge in [-0.1, -0.05) is 0 Å². The molecule has 0 aliphatic heterocycles. The molecule has 0 aliphatic rings. The largest absolute Gasteiger partial charge is 0.465 e. The van der Waals surface area contributed by atoms with Gasteiger partial charge in [-0.15, -0.1) is 0 Å². The molecule has 1 atom stereocenters. The highest BCUT2D eigenvalue weighted by molar-refractivity contribution is 5.09. The molecule has 1 heterocycles. The third-order valence-corrected chi connectivity index (χ3v) is 1.90. The van der Waals surface area contributed by atoms with Gasteiger partial charge in [-0.05, 0) is 32.9 Å². The Labute approximate surface area is 84.4 Å². The summed E-state index contributed by atoms with van der Waals surface area (Å²) in [6.45, 7) is 6.39. The Morgan fingerprint density at radius 1 is 1.50 bits per heavy atom. The molecule has 0 bridgehead atoms. The number of ether oxygens (including phenoxy) is 1. The lowest BCUT2D eigenvalue weighted by molar-refractivity contribution is 0.0567. The fraction of sp³-hybridized carbons (Fsp3) is 0.600. The van der Waals surface area contributed by atoms with Crippen LogP contribution in [0.5, 0.6) is 0 Å². The highest BCUT2D eigenvalue weighted by Crippen LogP contribution is 2.16. The molecule has 3 N–H and O–H groups in total. The van der Waals surface area contributed by atoms with Crippen molar-refractivity contribution >= 4 is 0 Å². The molecule has 0 amide bonds. The fourth-order valence-corrected chi connectivity index (χ4v) is 1.14. The normalized spacial score (nSPS) is 13.5. The number of hydrazine groups is 1. The van der Waals surface area contributed by atoms with Gasteiger partial charge in [0.15, 0.2) is 0 Å². The minimum Gasteiger partial charge on any atom is -0.465 e. The van der Waals surface area contributed by atoms with E-state index in [9.17, 15) is 0 Å². The predicted molar refractivity (Wildman–Crippen MR) is 54.6 cm³/mol. The van der Waals surface area contributed by atoms with E-state index < -0.39 is 0 Å². The van der Waals surface area contributed by atoms with Crippen molar-refractivity contribution < 1.29 is 9.15 Å². The molecule has 4 heteroatoms. The summed E-state index contributed by atoms with van der Waals surface area (Å²) in [5.74, 6) is 7.10. The van der Waals surface area contributed by atoms with Crippen LogP contribution in [0.4, 0.5) is 0 Å². The lowest BCUT2D eigenvalue weighted by Gasteiger charge is -2.15. The van der Waals surface area contributed by atoms with E-state index in [2.05, 4.69) is 5.43 Å². The van der Waals surface area contributed by atoms with Crippen LogP contribution in [-0.4, -0.2) is 12.7 Å². The first-order chi connectivity index (χ1) is 6.63. The van der Waals surface area contributed by atoms with Crippen LogP contribution in [0.3, 0.4) is 0 Å². The maximum atomic E-state index is 5.46. The maximum Gasteiger partial charge on any atom is 0.124 e. The van der Waals surface area contributed by atoms with E-state index in [1.165, 1.54) is 0 Å². The number of nitrogens with one attached hydrogen (secondary N) is 1. The average molecular weight is 198 g/mol. The second-order valence-corrected chi connectivity index (χ2v) is 3.55. The standard InChI is InChI=1S/C10H18N2O2/c1-7(2)13-6-9(12-11)10-5-4-8(3)14-10/h4-5,7,9,12H,6,11H2,1-3H3. The topological polar surface area (TPSA) is 60.4 Å². The Morgan fingerprint density at radius 3 is 2.64 bits per heavy atom. The van der Waals surface area contributed by atoms with Gasteiger partial charge in [-0.25, -0.2) is 5.43 Å². The van der Waals surface area contributed by atoms with Gasteiger partial charge in [0.25, 0.3) is 0 Å². The van der Waals surface area contributed by atoms with Crippen LogP contribution in [0.15, 0.2) is 16.5 Å². The number of hydrogen-bond acceptors (Lipinski definition) is 4. The lowest BCUT2D eigenvalue weighted by atomic mass is 10.2. The number of rotatable bonds is 5. The Kier molecular flexibility index (Phi) is 4.13. The summed E-state index contributed by atoms with van der Waals surface area (Å²) in [7, 11) is 0. The van der Waals surface area contributed by atoms with E-state index in [-0.39, 0.29) is 12.1 Å². The summed E-state index contributed by atoms with van der Waals surface area (Å²) in [6, 6.07) is 3.74. The Morgan fingerprint density at radius 2 is 2.21 bits per heavy atom. The molecule has 14 heavy (non-hydrogen) atoms. The highest BCUT2D eigenvalue weighted by atomic mass is 16.5. The molecule has 0 radical (unpaired) electrons. The molecule has 4 nitrogen and oxygen atoms in total. The molecule has 1 unspecified atom stereocenters. The van der Waals surface area contributed by atoms with Crippen molar-refractivity contribution in [2.45, 2.75) is 32.9 Å². The fourth-order valence-electron chi connectivity index (χ4n) is 1.14. The molecule has 1 aromatic rings. The van der Waals surface area contributed by atoms with Crippen molar-refractivity contribution in [3.05, 3.63) is 23.7 Å². The molecule has 0 aromatic carbocycles. The monoisotopic (exact) mass is 198 g/mol. The average Bonchev–Trinajstić information content (AvgIpc) is 2.53. The summed E-state index contributed by atoms with van der Waals surface area (Å²) in [5, 5.41) is 0. The number of aryl methyl sites for hydroxylation is 1. The van der Waals surface area contributed by atoms with Crippen molar-refractivity contribution in [1.82, 2.24) is 5.43 Å². The van der Waals surface area contributed by atoms with E-state index in [0.29, 0.717) is 6.61 Å². The molecular weight excluding hydrogens is 180 g/mol. The van der Waals surface area contributed by atoms with E-state index in [4.69, 9.17) is 15.0 Å². The molecule has 80 valence electrons. The summed E-state index contributed by atoms with van der Waals surface area (Å²) in [4.78, 5) is 0. The van der Waals surface area contributed by atoms with Crippen LogP contribution < -0.4 is 11.3 Å². The van der Waals surface area contributed by atoms with Crippen LogP contribution >= 0.6 is 0 Å². The van der Waals surface area contributed by atoms with Crippen molar-refractivity contribution in [3.63, 3.8) is 0 Å². The summed E-state index contributed by atoms with van der Waals surface area (Å²) in [5.41, 5.74) is 2.67. The van der Waals surface area contributed by atoms with Crippen LogP contribution in [0.1, 0.15) is 31.4 Å². The van der Waals surface area contributed by atoms with Gasteiger partial charge in [0.05, 0.1) is 12.7 Å². The van der Waals surface area contributed by atoms with Crippen LogP contribution in [-0.2, 0) is 4.74 Å². The highest BCUT2D eigenvalue weighted by Gasteiger charge is 2.13. The first kappa shape index (κ1) is 11.2. The van der Waals surface area contributed by atoms with Gasteiger partial charge in [-0.3, -0.25) is 5.84 Å². The van der Waals surface area contributed by atoms with Gasteiger partial charge in [0.2, 0.25) is 0 Å². The Hall–Kier alpha value is -0.840. The zero-order chi connectivity index (χ0) is 10.6. The van der Waals surface area contributed by atoms with Crippen molar-refractivity contribution in [1.29, 1.82) is 0 Å². The van der Waals surface area contributed by atoms with Crippen molar-refractivity contribution in [2.75, 3.05) is 6.61 Å². The van der Waals surface area contributed by atoms with E-state index >= 15 is 0 Å². The zero-order valence-corrected chi connectivity index (χ0v) is 8.91. The zero-order valence-electron chi connectivity index (χ0n) is 8.91. The summed E-state index contributed by atoms with van der Waals surface area (Å²) >= 11 is 0. The van der Waals surface area contributed by atoms with Gasteiger partial charge in [-0.2, -0.15) is 0 Å². The first-order valence-corrected chi connectivity index (χ1v) is 4.77. The molecule has 0 aliphatic carbocycles. The van der Waals surface area contributed by atoms with Crippen molar-refractivity contribution in [2.24, 2.45) is 5.84 Å². The van der Waals surface area contributed by atoms with Crippen LogP contribution in [0, 0.1) is 6.92 Å². The lowest BCUT2D eigenvalue weighted by Crippen LogP contribution is -2.31. The molecule has 0 spiro atoms.